The number of carbonyl (C=O) groups excluding carboxylic acids is 1. The molecule has 0 saturated carbocycles. The number of methoxy groups -OCH3 is 1. The van der Waals surface area contributed by atoms with Crippen LogP contribution < -0.4 is 5.32 Å². The minimum Gasteiger partial charge on any atom is -0.480 e. The Hall–Kier alpha value is -1.59. The maximum atomic E-state index is 12.4. The van der Waals surface area contributed by atoms with Gasteiger partial charge in [-0.25, -0.2) is 4.79 Å². The molecular formula is C15H20ClNO4. The fourth-order valence-electron chi connectivity index (χ4n) is 1.92. The van der Waals surface area contributed by atoms with Crippen molar-refractivity contribution in [2.24, 2.45) is 0 Å². The van der Waals surface area contributed by atoms with E-state index in [1.165, 1.54) is 7.11 Å². The van der Waals surface area contributed by atoms with E-state index in [1.54, 1.807) is 38.1 Å². The van der Waals surface area contributed by atoms with E-state index in [9.17, 15) is 9.59 Å². The van der Waals surface area contributed by atoms with Gasteiger partial charge >= 0.3 is 5.97 Å². The van der Waals surface area contributed by atoms with Crippen LogP contribution in [0, 0.1) is 0 Å². The number of carbonyl (C=O) groups is 2. The van der Waals surface area contributed by atoms with E-state index in [0.717, 1.165) is 0 Å². The van der Waals surface area contributed by atoms with E-state index in [-0.39, 0.29) is 18.9 Å². The topological polar surface area (TPSA) is 75.6 Å². The summed E-state index contributed by atoms with van der Waals surface area (Å²) in [5.41, 5.74) is -0.279. The third-order valence-electron chi connectivity index (χ3n) is 3.33. The molecule has 0 aliphatic heterocycles. The molecule has 21 heavy (non-hydrogen) atoms. The first-order valence-electron chi connectivity index (χ1n) is 6.58. The van der Waals surface area contributed by atoms with Gasteiger partial charge in [0.25, 0.3) is 0 Å². The van der Waals surface area contributed by atoms with Gasteiger partial charge in [0.1, 0.15) is 6.04 Å². The Bertz CT molecular complexity index is 516. The van der Waals surface area contributed by atoms with E-state index >= 15 is 0 Å². The van der Waals surface area contributed by atoms with Crippen LogP contribution in [-0.4, -0.2) is 36.7 Å². The van der Waals surface area contributed by atoms with E-state index < -0.39 is 17.4 Å². The lowest BCUT2D eigenvalue weighted by atomic mass is 9.83. The van der Waals surface area contributed by atoms with Crippen molar-refractivity contribution >= 4 is 23.5 Å². The largest absolute Gasteiger partial charge is 0.480 e. The fraction of sp³-hybridized carbons (Fsp3) is 0.467. The van der Waals surface area contributed by atoms with Crippen molar-refractivity contribution in [2.45, 2.75) is 31.7 Å². The molecule has 2 N–H and O–H groups in total. The van der Waals surface area contributed by atoms with Gasteiger partial charge in [-0.15, -0.1) is 0 Å². The van der Waals surface area contributed by atoms with Gasteiger partial charge in [0.2, 0.25) is 5.91 Å². The molecule has 0 bridgehead atoms. The fourth-order valence-corrected chi connectivity index (χ4v) is 2.29. The molecule has 1 aromatic rings. The Kier molecular flexibility index (Phi) is 6.18. The number of amides is 1. The van der Waals surface area contributed by atoms with Crippen molar-refractivity contribution in [3.8, 4) is 0 Å². The van der Waals surface area contributed by atoms with Crippen LogP contribution in [0.4, 0.5) is 0 Å². The number of ether oxygens (including phenoxy) is 1. The summed E-state index contributed by atoms with van der Waals surface area (Å²) in [5.74, 6) is -1.48. The third-order valence-corrected chi connectivity index (χ3v) is 3.66. The highest BCUT2D eigenvalue weighted by molar-refractivity contribution is 6.31. The predicted molar refractivity (Wildman–Crippen MR) is 80.5 cm³/mol. The molecule has 0 aliphatic carbocycles. The SMILES string of the molecule is COCCC(NC(=O)C(C)(C)c1ccccc1Cl)C(=O)O. The lowest BCUT2D eigenvalue weighted by Crippen LogP contribution is -2.48. The number of halogens is 1. The molecule has 1 aromatic carbocycles. The summed E-state index contributed by atoms with van der Waals surface area (Å²) in [6, 6.07) is 6.03. The molecule has 0 aliphatic rings. The van der Waals surface area contributed by atoms with Crippen LogP contribution in [0.25, 0.3) is 0 Å². The highest BCUT2D eigenvalue weighted by Crippen LogP contribution is 2.30. The normalized spacial score (nSPS) is 12.8. The number of hydrogen-bond donors (Lipinski definition) is 2. The van der Waals surface area contributed by atoms with Crippen molar-refractivity contribution < 1.29 is 19.4 Å². The number of carboxylic acids is 1. The molecular weight excluding hydrogens is 294 g/mol. The van der Waals surface area contributed by atoms with Crippen molar-refractivity contribution in [3.63, 3.8) is 0 Å². The minimum atomic E-state index is -1.09. The summed E-state index contributed by atoms with van der Waals surface area (Å²) in [7, 11) is 1.48. The van der Waals surface area contributed by atoms with Gasteiger partial charge in [-0.1, -0.05) is 29.8 Å². The minimum absolute atomic E-state index is 0.205. The van der Waals surface area contributed by atoms with Crippen molar-refractivity contribution in [1.29, 1.82) is 0 Å². The molecule has 1 atom stereocenters. The monoisotopic (exact) mass is 313 g/mol. The molecule has 5 nitrogen and oxygen atoms in total. The van der Waals surface area contributed by atoms with Gasteiger partial charge in [0, 0.05) is 25.2 Å². The molecule has 0 fully saturated rings. The maximum absolute atomic E-state index is 12.4. The smallest absolute Gasteiger partial charge is 0.326 e. The van der Waals surface area contributed by atoms with Gasteiger partial charge < -0.3 is 15.2 Å². The molecule has 1 unspecified atom stereocenters. The summed E-state index contributed by atoms with van der Waals surface area (Å²) in [5, 5.41) is 12.2. The van der Waals surface area contributed by atoms with Gasteiger partial charge in [-0.3, -0.25) is 4.79 Å². The Morgan fingerprint density at radius 1 is 1.38 bits per heavy atom. The third kappa shape index (κ3) is 4.44. The Labute approximate surface area is 129 Å². The summed E-state index contributed by atoms with van der Waals surface area (Å²) in [6.45, 7) is 3.67. The molecule has 0 spiro atoms. The first-order valence-corrected chi connectivity index (χ1v) is 6.96. The highest BCUT2D eigenvalue weighted by atomic mass is 35.5. The van der Waals surface area contributed by atoms with E-state index in [2.05, 4.69) is 5.32 Å². The van der Waals surface area contributed by atoms with Crippen LogP contribution in [0.1, 0.15) is 25.8 Å². The van der Waals surface area contributed by atoms with Crippen LogP contribution in [0.5, 0.6) is 0 Å². The quantitative estimate of drug-likeness (QED) is 0.809. The van der Waals surface area contributed by atoms with E-state index in [4.69, 9.17) is 21.4 Å². The average Bonchev–Trinajstić information content (AvgIpc) is 2.43. The number of hydrogen-bond acceptors (Lipinski definition) is 3. The Balaban J connectivity index is 2.90. The zero-order valence-electron chi connectivity index (χ0n) is 12.4. The van der Waals surface area contributed by atoms with Crippen molar-refractivity contribution in [3.05, 3.63) is 34.9 Å². The number of rotatable bonds is 7. The first kappa shape index (κ1) is 17.5. The second-order valence-corrected chi connectivity index (χ2v) is 5.66. The summed E-state index contributed by atoms with van der Waals surface area (Å²) in [4.78, 5) is 23.6. The average molecular weight is 314 g/mol. The molecule has 1 rings (SSSR count). The number of benzene rings is 1. The molecule has 0 heterocycles. The van der Waals surface area contributed by atoms with Gasteiger partial charge in [-0.2, -0.15) is 0 Å². The van der Waals surface area contributed by atoms with Crippen molar-refractivity contribution in [2.75, 3.05) is 13.7 Å². The number of aliphatic carboxylic acids is 1. The van der Waals surface area contributed by atoms with E-state index in [1.807, 2.05) is 0 Å². The predicted octanol–water partition coefficient (Wildman–Crippen LogP) is 2.22. The van der Waals surface area contributed by atoms with Crippen LogP contribution in [0.3, 0.4) is 0 Å². The zero-order chi connectivity index (χ0) is 16.0. The summed E-state index contributed by atoms with van der Waals surface area (Å²) >= 11 is 6.12. The summed E-state index contributed by atoms with van der Waals surface area (Å²) < 4.78 is 4.86. The second kappa shape index (κ2) is 7.43. The standard InChI is InChI=1S/C15H20ClNO4/c1-15(2,10-6-4-5-7-11(10)16)14(20)17-12(13(18)19)8-9-21-3/h4-7,12H,8-9H2,1-3H3,(H,17,20)(H,18,19). The molecule has 0 radical (unpaired) electrons. The van der Waals surface area contributed by atoms with Crippen molar-refractivity contribution in [1.82, 2.24) is 5.32 Å². The molecule has 6 heteroatoms. The maximum Gasteiger partial charge on any atom is 0.326 e. The van der Waals surface area contributed by atoms with Gasteiger partial charge in [-0.05, 0) is 25.5 Å². The Morgan fingerprint density at radius 3 is 2.52 bits per heavy atom. The lowest BCUT2D eigenvalue weighted by Gasteiger charge is -2.27. The van der Waals surface area contributed by atoms with Crippen LogP contribution in [0.2, 0.25) is 5.02 Å². The van der Waals surface area contributed by atoms with Crippen LogP contribution >= 0.6 is 11.6 Å². The summed E-state index contributed by atoms with van der Waals surface area (Å²) in [6.07, 6.45) is 0.205. The Morgan fingerprint density at radius 2 is 2.00 bits per heavy atom. The molecule has 116 valence electrons. The van der Waals surface area contributed by atoms with E-state index in [0.29, 0.717) is 10.6 Å². The van der Waals surface area contributed by atoms with Gasteiger partial charge in [0.15, 0.2) is 0 Å². The molecule has 0 aromatic heterocycles. The van der Waals surface area contributed by atoms with Gasteiger partial charge in [0.05, 0.1) is 5.41 Å². The highest BCUT2D eigenvalue weighted by Gasteiger charge is 2.34. The van der Waals surface area contributed by atoms with Crippen LogP contribution in [0.15, 0.2) is 24.3 Å². The lowest BCUT2D eigenvalue weighted by molar-refractivity contribution is -0.143. The second-order valence-electron chi connectivity index (χ2n) is 5.25. The zero-order valence-corrected chi connectivity index (χ0v) is 13.1. The number of nitrogens with one attached hydrogen (secondary N) is 1. The molecule has 0 saturated heterocycles. The van der Waals surface area contributed by atoms with Crippen LogP contribution in [-0.2, 0) is 19.7 Å². The first-order chi connectivity index (χ1) is 9.80. The molecule has 1 amide bonds. The number of carboxylic acid groups (broad SMARTS) is 1.